The fourth-order valence-corrected chi connectivity index (χ4v) is 2.84. The molecule has 0 saturated heterocycles. The Morgan fingerprint density at radius 1 is 1.37 bits per heavy atom. The Labute approximate surface area is 121 Å². The maximum absolute atomic E-state index is 11.8. The van der Waals surface area contributed by atoms with Gasteiger partial charge < -0.3 is 5.11 Å². The standard InChI is InChI=1S/C11H13Cl2NO4S/c1-14(19(17,18)6-5-10(15)16)7-8-3-2-4-9(12)11(8)13/h2-4H,5-7H2,1H3,(H,15,16). The van der Waals surface area contributed by atoms with Gasteiger partial charge in [0.25, 0.3) is 0 Å². The third-order valence-corrected chi connectivity index (χ3v) is 5.13. The van der Waals surface area contributed by atoms with E-state index in [1.807, 2.05) is 0 Å². The van der Waals surface area contributed by atoms with E-state index in [1.165, 1.54) is 7.05 Å². The van der Waals surface area contributed by atoms with E-state index in [0.717, 1.165) is 4.31 Å². The Morgan fingerprint density at radius 2 is 2.00 bits per heavy atom. The Morgan fingerprint density at radius 3 is 2.58 bits per heavy atom. The fourth-order valence-electron chi connectivity index (χ4n) is 1.38. The summed E-state index contributed by atoms with van der Waals surface area (Å²) in [6.07, 6.45) is -0.435. The summed E-state index contributed by atoms with van der Waals surface area (Å²) in [5.74, 6) is -1.60. The summed E-state index contributed by atoms with van der Waals surface area (Å²) in [6, 6.07) is 4.94. The lowest BCUT2D eigenvalue weighted by molar-refractivity contribution is -0.136. The molecule has 1 rings (SSSR count). The molecule has 19 heavy (non-hydrogen) atoms. The summed E-state index contributed by atoms with van der Waals surface area (Å²) in [6.45, 7) is 0.0430. The summed E-state index contributed by atoms with van der Waals surface area (Å²) in [4.78, 5) is 10.4. The average molecular weight is 326 g/mol. The van der Waals surface area contributed by atoms with Crippen molar-refractivity contribution in [3.63, 3.8) is 0 Å². The van der Waals surface area contributed by atoms with Crippen molar-refractivity contribution in [2.24, 2.45) is 0 Å². The number of hydrogen-bond donors (Lipinski definition) is 1. The third kappa shape index (κ3) is 4.65. The number of benzene rings is 1. The van der Waals surface area contributed by atoms with Crippen molar-refractivity contribution in [1.82, 2.24) is 4.31 Å². The number of carboxylic acids is 1. The highest BCUT2D eigenvalue weighted by Gasteiger charge is 2.20. The molecule has 0 bridgehead atoms. The largest absolute Gasteiger partial charge is 0.481 e. The first-order valence-electron chi connectivity index (χ1n) is 5.32. The fraction of sp³-hybridized carbons (Fsp3) is 0.364. The molecule has 0 aliphatic rings. The van der Waals surface area contributed by atoms with E-state index in [2.05, 4.69) is 0 Å². The zero-order valence-corrected chi connectivity index (χ0v) is 12.5. The Kier molecular flexibility index (Phi) is 5.61. The molecule has 0 saturated carbocycles. The monoisotopic (exact) mass is 325 g/mol. The molecule has 0 spiro atoms. The molecule has 0 aliphatic carbocycles. The third-order valence-electron chi connectivity index (χ3n) is 2.47. The molecular formula is C11H13Cl2NO4S. The van der Waals surface area contributed by atoms with Crippen molar-refractivity contribution >= 4 is 39.2 Å². The smallest absolute Gasteiger partial charge is 0.304 e. The second-order valence-electron chi connectivity index (χ2n) is 3.93. The van der Waals surface area contributed by atoms with Crippen LogP contribution in [0.1, 0.15) is 12.0 Å². The predicted octanol–water partition coefficient (Wildman–Crippen LogP) is 2.23. The minimum atomic E-state index is -3.63. The molecule has 0 amide bonds. The lowest BCUT2D eigenvalue weighted by Gasteiger charge is -2.17. The van der Waals surface area contributed by atoms with Crippen LogP contribution >= 0.6 is 23.2 Å². The zero-order valence-electron chi connectivity index (χ0n) is 10.1. The molecule has 0 radical (unpaired) electrons. The topological polar surface area (TPSA) is 74.7 Å². The van der Waals surface area contributed by atoms with E-state index in [-0.39, 0.29) is 6.54 Å². The number of aliphatic carboxylic acids is 1. The van der Waals surface area contributed by atoms with E-state index in [0.29, 0.717) is 15.6 Å². The van der Waals surface area contributed by atoms with Crippen molar-refractivity contribution in [1.29, 1.82) is 0 Å². The highest BCUT2D eigenvalue weighted by atomic mass is 35.5. The molecule has 1 aromatic rings. The summed E-state index contributed by atoms with van der Waals surface area (Å²) >= 11 is 11.8. The highest BCUT2D eigenvalue weighted by molar-refractivity contribution is 7.89. The molecule has 0 heterocycles. The molecule has 1 N–H and O–H groups in total. The van der Waals surface area contributed by atoms with Gasteiger partial charge >= 0.3 is 5.97 Å². The van der Waals surface area contributed by atoms with Crippen LogP contribution in [-0.4, -0.2) is 36.6 Å². The van der Waals surface area contributed by atoms with Gasteiger partial charge in [0.15, 0.2) is 0 Å². The van der Waals surface area contributed by atoms with Gasteiger partial charge in [-0.2, -0.15) is 0 Å². The van der Waals surface area contributed by atoms with Crippen molar-refractivity contribution < 1.29 is 18.3 Å². The van der Waals surface area contributed by atoms with E-state index in [9.17, 15) is 13.2 Å². The number of nitrogens with zero attached hydrogens (tertiary/aromatic N) is 1. The Bertz CT molecular complexity index is 574. The van der Waals surface area contributed by atoms with E-state index in [4.69, 9.17) is 28.3 Å². The maximum atomic E-state index is 11.8. The van der Waals surface area contributed by atoms with Gasteiger partial charge in [-0.15, -0.1) is 0 Å². The molecule has 5 nitrogen and oxygen atoms in total. The minimum absolute atomic E-state index is 0.0430. The van der Waals surface area contributed by atoms with Crippen molar-refractivity contribution in [2.45, 2.75) is 13.0 Å². The quantitative estimate of drug-likeness (QED) is 0.870. The molecule has 1 aromatic carbocycles. The van der Waals surface area contributed by atoms with Crippen LogP contribution in [0.15, 0.2) is 18.2 Å². The van der Waals surface area contributed by atoms with Gasteiger partial charge in [-0.25, -0.2) is 12.7 Å². The number of carboxylic acid groups (broad SMARTS) is 1. The van der Waals surface area contributed by atoms with Crippen molar-refractivity contribution in [3.8, 4) is 0 Å². The average Bonchev–Trinajstić information content (AvgIpc) is 2.32. The van der Waals surface area contributed by atoms with Crippen LogP contribution in [0.5, 0.6) is 0 Å². The van der Waals surface area contributed by atoms with Crippen molar-refractivity contribution in [2.75, 3.05) is 12.8 Å². The molecule has 0 fully saturated rings. The van der Waals surface area contributed by atoms with Gasteiger partial charge in [0.1, 0.15) is 0 Å². The lowest BCUT2D eigenvalue weighted by atomic mass is 10.2. The number of carbonyl (C=O) groups is 1. The van der Waals surface area contributed by atoms with Crippen LogP contribution in [0.25, 0.3) is 0 Å². The lowest BCUT2D eigenvalue weighted by Crippen LogP contribution is -2.29. The number of rotatable bonds is 6. The Balaban J connectivity index is 2.81. The highest BCUT2D eigenvalue weighted by Crippen LogP contribution is 2.26. The predicted molar refractivity (Wildman–Crippen MR) is 74.0 cm³/mol. The van der Waals surface area contributed by atoms with Crippen LogP contribution in [0.2, 0.25) is 10.0 Å². The SMILES string of the molecule is CN(Cc1cccc(Cl)c1Cl)S(=O)(=O)CCC(=O)O. The zero-order chi connectivity index (χ0) is 14.6. The molecule has 0 aliphatic heterocycles. The first-order valence-corrected chi connectivity index (χ1v) is 7.69. The van der Waals surface area contributed by atoms with Gasteiger partial charge in [0.2, 0.25) is 10.0 Å². The van der Waals surface area contributed by atoms with Gasteiger partial charge in [-0.3, -0.25) is 4.79 Å². The summed E-state index contributed by atoms with van der Waals surface area (Å²) in [5.41, 5.74) is 0.565. The molecule has 0 unspecified atom stereocenters. The van der Waals surface area contributed by atoms with E-state index < -0.39 is 28.2 Å². The maximum Gasteiger partial charge on any atom is 0.304 e. The summed E-state index contributed by atoms with van der Waals surface area (Å²) in [7, 11) is -2.26. The number of hydrogen-bond acceptors (Lipinski definition) is 3. The van der Waals surface area contributed by atoms with Gasteiger partial charge in [0, 0.05) is 13.6 Å². The number of sulfonamides is 1. The molecule has 0 aromatic heterocycles. The van der Waals surface area contributed by atoms with Crippen LogP contribution in [-0.2, 0) is 21.4 Å². The number of halogens is 2. The second-order valence-corrected chi connectivity index (χ2v) is 6.91. The second kappa shape index (κ2) is 6.56. The van der Waals surface area contributed by atoms with Gasteiger partial charge in [0.05, 0.1) is 22.2 Å². The van der Waals surface area contributed by atoms with E-state index >= 15 is 0 Å². The van der Waals surface area contributed by atoms with Gasteiger partial charge in [-0.05, 0) is 11.6 Å². The normalized spacial score (nSPS) is 11.8. The van der Waals surface area contributed by atoms with Crippen LogP contribution in [0, 0.1) is 0 Å². The van der Waals surface area contributed by atoms with Crippen LogP contribution < -0.4 is 0 Å². The summed E-state index contributed by atoms with van der Waals surface area (Å²) in [5, 5.41) is 9.15. The first kappa shape index (κ1) is 16.2. The molecular weight excluding hydrogens is 313 g/mol. The first-order chi connectivity index (χ1) is 8.74. The molecule has 8 heteroatoms. The van der Waals surface area contributed by atoms with Crippen molar-refractivity contribution in [3.05, 3.63) is 33.8 Å². The molecule has 0 atom stereocenters. The van der Waals surface area contributed by atoms with E-state index in [1.54, 1.807) is 18.2 Å². The van der Waals surface area contributed by atoms with Gasteiger partial charge in [-0.1, -0.05) is 35.3 Å². The van der Waals surface area contributed by atoms with Crippen LogP contribution in [0.4, 0.5) is 0 Å². The van der Waals surface area contributed by atoms with Crippen LogP contribution in [0.3, 0.4) is 0 Å². The summed E-state index contributed by atoms with van der Waals surface area (Å²) < 4.78 is 24.7. The minimum Gasteiger partial charge on any atom is -0.481 e. The molecule has 106 valence electrons. The Hall–Kier alpha value is -0.820.